The average molecular weight is 1290 g/mol. The number of hydrogen-bond acceptors (Lipinski definition) is 18. The minimum Gasteiger partial charge on any atom is -0.444 e. The van der Waals surface area contributed by atoms with Gasteiger partial charge in [0.05, 0.1) is 17.1 Å². The molecule has 6 heterocycles. The minimum absolute atomic E-state index is 0.0462. The summed E-state index contributed by atoms with van der Waals surface area (Å²) in [6.07, 6.45) is 5.80. The second kappa shape index (κ2) is 29.8. The van der Waals surface area contributed by atoms with E-state index < -0.39 is 41.5 Å². The molecule has 0 spiro atoms. The molecule has 90 heavy (non-hydrogen) atoms. The van der Waals surface area contributed by atoms with Crippen LogP contribution in [0.1, 0.15) is 106 Å². The molecule has 3 fully saturated rings. The third-order valence-electron chi connectivity index (χ3n) is 15.0. The van der Waals surface area contributed by atoms with Crippen molar-refractivity contribution >= 4 is 108 Å². The first-order chi connectivity index (χ1) is 42.4. The van der Waals surface area contributed by atoms with Gasteiger partial charge in [-0.05, 0) is 123 Å². The molecule has 0 unspecified atom stereocenters. The van der Waals surface area contributed by atoms with Gasteiger partial charge in [-0.1, -0.05) is 42.5 Å². The molecule has 3 aromatic carbocycles. The number of rotatable bonds is 13. The van der Waals surface area contributed by atoms with Crippen LogP contribution in [0.4, 0.5) is 36.4 Å². The van der Waals surface area contributed by atoms with Crippen LogP contribution in [0, 0.1) is 11.5 Å². The number of ether oxygens (including phenoxy) is 2. The molecule has 3 atom stereocenters. The summed E-state index contributed by atoms with van der Waals surface area (Å²) in [5.74, 6) is -0.464. The van der Waals surface area contributed by atoms with Crippen LogP contribution in [0.5, 0.6) is 0 Å². The Labute approximate surface area is 538 Å². The van der Waals surface area contributed by atoms with Crippen molar-refractivity contribution in [1.82, 2.24) is 29.7 Å². The number of ketones is 1. The van der Waals surface area contributed by atoms with Crippen LogP contribution in [-0.4, -0.2) is 161 Å². The Hall–Kier alpha value is -8.60. The lowest BCUT2D eigenvalue weighted by molar-refractivity contribution is -0.123. The highest BCUT2D eigenvalue weighted by molar-refractivity contribution is 7.14. The van der Waals surface area contributed by atoms with Crippen LogP contribution in [0.3, 0.4) is 0 Å². The lowest BCUT2D eigenvalue weighted by atomic mass is 10.1. The second-order valence-electron chi connectivity index (χ2n) is 24.2. The Morgan fingerprint density at radius 1 is 0.522 bits per heavy atom. The fourth-order valence-electron chi connectivity index (χ4n) is 10.1. The van der Waals surface area contributed by atoms with Gasteiger partial charge in [0.15, 0.2) is 21.6 Å². The van der Waals surface area contributed by atoms with Gasteiger partial charge in [-0.3, -0.25) is 58.2 Å². The van der Waals surface area contributed by atoms with E-state index in [0.29, 0.717) is 60.7 Å². The van der Waals surface area contributed by atoms with Crippen LogP contribution in [0.2, 0.25) is 0 Å². The molecule has 22 nitrogen and oxygen atoms in total. The zero-order valence-electron chi connectivity index (χ0n) is 53.6. The Morgan fingerprint density at radius 3 is 1.24 bits per heavy atom. The fourth-order valence-corrected chi connectivity index (χ4v) is 12.5. The molecule has 0 bridgehead atoms. The molecule has 7 amide bonds. The number of thiazole rings is 3. The van der Waals surface area contributed by atoms with E-state index in [1.54, 1.807) is 52.0 Å². The molecule has 6 aromatic rings. The predicted octanol–water partition coefficient (Wildman–Crippen LogP) is 11.2. The smallest absolute Gasteiger partial charge is 0.410 e. The standard InChI is InChI=1S/C23H30N4O4S.C23H29N3O4S.C19H21N5O2S/c1-15(28)25(5)17-10-7-9-16(13-17)18-14-32-21(24-18)26(6)20(29)19-11-8-12-27(19)22(30)31-23(2,3)4;1-15(27)12-16-8-6-9-17(13-16)18-14-31-21(24-18)25(5)20(28)19-10-7-11-26(19)22(29)30-23(2,3)4;1-13(25)22(2)15-7-4-6-14(10-15)16-11-27-19(21-16)23(3)18(26)17-8-5-9-24(17)12-20/h7,9-10,13-14,19H,8,11-12H2,1-6H3;6,8-9,13-14,19H,7,10-12H2,1-5H3;4,6-7,10-11,17H,5,8-9H2,1-3H3/t2*19-;17-/m000/s1. The van der Waals surface area contributed by atoms with Crippen LogP contribution in [0.15, 0.2) is 88.9 Å². The van der Waals surface area contributed by atoms with E-state index in [9.17, 15) is 38.4 Å². The third-order valence-corrected chi connectivity index (χ3v) is 17.8. The van der Waals surface area contributed by atoms with E-state index in [2.05, 4.69) is 21.1 Å². The van der Waals surface area contributed by atoms with Gasteiger partial charge < -0.3 is 19.3 Å². The molecule has 0 radical (unpaired) electrons. The van der Waals surface area contributed by atoms with Crippen molar-refractivity contribution < 1.29 is 47.8 Å². The molecule has 0 saturated carbocycles. The Balaban J connectivity index is 0.000000193. The number of benzene rings is 3. The molecule has 478 valence electrons. The largest absolute Gasteiger partial charge is 0.444 e. The number of likely N-dealkylation sites (N-methyl/N-ethyl adjacent to an activating group) is 3. The molecule has 0 aliphatic carbocycles. The summed E-state index contributed by atoms with van der Waals surface area (Å²) in [7, 11) is 8.50. The van der Waals surface area contributed by atoms with E-state index in [1.807, 2.05) is 130 Å². The van der Waals surface area contributed by atoms with Gasteiger partial charge in [-0.15, -0.1) is 34.0 Å². The Kier molecular flexibility index (Phi) is 22.8. The molecule has 3 aliphatic rings. The van der Waals surface area contributed by atoms with Crippen LogP contribution < -0.4 is 24.5 Å². The summed E-state index contributed by atoms with van der Waals surface area (Å²) in [6, 6.07) is 21.3. The summed E-state index contributed by atoms with van der Waals surface area (Å²) >= 11 is 4.11. The zero-order chi connectivity index (χ0) is 65.9. The first kappa shape index (κ1) is 68.9. The van der Waals surface area contributed by atoms with Gasteiger partial charge in [0.1, 0.15) is 35.1 Å². The molecule has 3 aliphatic heterocycles. The van der Waals surface area contributed by atoms with Crippen molar-refractivity contribution in [1.29, 1.82) is 5.26 Å². The maximum atomic E-state index is 13.2. The number of nitriles is 1. The lowest BCUT2D eigenvalue weighted by Gasteiger charge is -2.29. The van der Waals surface area contributed by atoms with E-state index >= 15 is 0 Å². The topological polar surface area (TPSA) is 243 Å². The quantitative estimate of drug-likeness (QED) is 0.0976. The van der Waals surface area contributed by atoms with E-state index in [4.69, 9.17) is 14.7 Å². The van der Waals surface area contributed by atoms with Gasteiger partial charge in [-0.2, -0.15) is 5.26 Å². The van der Waals surface area contributed by atoms with Crippen molar-refractivity contribution in [3.8, 4) is 40.0 Å². The third kappa shape index (κ3) is 17.6. The van der Waals surface area contributed by atoms with Crippen molar-refractivity contribution in [2.24, 2.45) is 0 Å². The highest BCUT2D eigenvalue weighted by atomic mass is 32.1. The molecule has 0 N–H and O–H groups in total. The normalized spacial score (nSPS) is 16.1. The molecule has 9 rings (SSSR count). The van der Waals surface area contributed by atoms with Crippen molar-refractivity contribution in [3.63, 3.8) is 0 Å². The van der Waals surface area contributed by atoms with Gasteiger partial charge in [0.25, 0.3) is 17.7 Å². The SMILES string of the molecule is CC(=O)Cc1cccc(-c2csc(N(C)C(=O)[C@@H]3CCCN3C(=O)OC(C)(C)C)n2)c1.CC(=O)N(C)c1cccc(-c2csc(N(C)C(=O)[C@@H]3CCCN3C#N)n2)c1.CC(=O)N(C)c1cccc(-c2csc(N(C)C(=O)[C@@H]3CCCN3C(=O)OC(C)(C)C)n2)c1. The van der Waals surface area contributed by atoms with Gasteiger partial charge in [0, 0.05) is 119 Å². The number of anilines is 5. The van der Waals surface area contributed by atoms with Crippen molar-refractivity contribution in [3.05, 3.63) is 94.5 Å². The number of aromatic nitrogens is 3. The number of amides is 7. The van der Waals surface area contributed by atoms with Crippen molar-refractivity contribution in [2.75, 3.05) is 79.4 Å². The van der Waals surface area contributed by atoms with Crippen LogP contribution in [0.25, 0.3) is 33.8 Å². The molecular weight excluding hydrogens is 1200 g/mol. The maximum absolute atomic E-state index is 13.2. The predicted molar refractivity (Wildman–Crippen MR) is 353 cm³/mol. The summed E-state index contributed by atoms with van der Waals surface area (Å²) < 4.78 is 10.9. The first-order valence-electron chi connectivity index (χ1n) is 29.6. The highest BCUT2D eigenvalue weighted by Crippen LogP contribution is 2.35. The van der Waals surface area contributed by atoms with E-state index in [1.165, 1.54) is 77.3 Å². The van der Waals surface area contributed by atoms with Gasteiger partial charge >= 0.3 is 12.2 Å². The van der Waals surface area contributed by atoms with Crippen molar-refractivity contribution in [2.45, 2.75) is 137 Å². The van der Waals surface area contributed by atoms with Gasteiger partial charge in [-0.25, -0.2) is 24.5 Å². The Bertz CT molecular complexity index is 3640. The molecular formula is C65H80N12O10S3. The molecule has 3 saturated heterocycles. The van der Waals surface area contributed by atoms with Crippen LogP contribution in [-0.2, 0) is 44.7 Å². The molecule has 3 aromatic heterocycles. The van der Waals surface area contributed by atoms with Crippen LogP contribution >= 0.6 is 34.0 Å². The summed E-state index contributed by atoms with van der Waals surface area (Å²) in [4.78, 5) is 125. The fraction of sp³-hybridized carbons (Fsp3) is 0.446. The lowest BCUT2D eigenvalue weighted by Crippen LogP contribution is -2.48. The summed E-state index contributed by atoms with van der Waals surface area (Å²) in [5.41, 5.74) is 6.12. The highest BCUT2D eigenvalue weighted by Gasteiger charge is 2.41. The van der Waals surface area contributed by atoms with E-state index in [-0.39, 0.29) is 35.3 Å². The summed E-state index contributed by atoms with van der Waals surface area (Å²) in [6.45, 7) is 17.1. The maximum Gasteiger partial charge on any atom is 0.410 e. The average Bonchev–Trinajstić information content (AvgIpc) is 4.44. The number of hydrogen-bond donors (Lipinski definition) is 0. The molecule has 25 heteroatoms. The number of carbonyl (C=O) groups excluding carboxylic acids is 8. The minimum atomic E-state index is -0.617. The number of likely N-dealkylation sites (tertiary alicyclic amines) is 3. The number of Topliss-reactive ketones (excluding diaryl/α,β-unsaturated/α-hetero) is 1. The van der Waals surface area contributed by atoms with Gasteiger partial charge in [0.2, 0.25) is 11.8 Å². The summed E-state index contributed by atoms with van der Waals surface area (Å²) in [5, 5.41) is 16.5. The second-order valence-corrected chi connectivity index (χ2v) is 26.7. The van der Waals surface area contributed by atoms with E-state index in [0.717, 1.165) is 70.0 Å². The number of nitrogens with zero attached hydrogens (tertiary/aromatic N) is 12. The first-order valence-corrected chi connectivity index (χ1v) is 32.2. The zero-order valence-corrected chi connectivity index (χ0v) is 56.1. The Morgan fingerprint density at radius 2 is 0.878 bits per heavy atom. The number of carbonyl (C=O) groups is 8. The monoisotopic (exact) mass is 1280 g/mol.